The molecule has 1 saturated heterocycles. The van der Waals surface area contributed by atoms with Crippen LogP contribution in [0.15, 0.2) is 52.5 Å². The molecule has 2 atom stereocenters. The Morgan fingerprint density at radius 3 is 2.81 bits per heavy atom. The minimum atomic E-state index is -0.539. The minimum absolute atomic E-state index is 0.0359. The molecule has 0 bridgehead atoms. The quantitative estimate of drug-likeness (QED) is 0.514. The van der Waals surface area contributed by atoms with E-state index in [4.69, 9.17) is 4.74 Å². The SMILES string of the molecule is CCCCCC1=C([Se]c2ccccc2)C(=O)N2CCOC3CC(=O)C=CC132. The molecule has 27 heavy (non-hydrogen) atoms. The maximum atomic E-state index is 13.4. The molecule has 2 aliphatic heterocycles. The van der Waals surface area contributed by atoms with Crippen molar-refractivity contribution in [2.24, 2.45) is 0 Å². The molecule has 1 aromatic carbocycles. The topological polar surface area (TPSA) is 46.6 Å². The van der Waals surface area contributed by atoms with E-state index in [9.17, 15) is 9.59 Å². The standard InChI is InChI=1S/C22H25NO3Se/c1-2-3-5-10-18-20(27-17-8-6-4-7-9-17)21(25)23-13-14-26-19-15-16(24)11-12-22(18,19)23/h4,6-9,11-12,19H,2-3,5,10,13-15H2,1H3. The summed E-state index contributed by atoms with van der Waals surface area (Å²) in [4.78, 5) is 27.5. The van der Waals surface area contributed by atoms with Gasteiger partial charge in [-0.1, -0.05) is 0 Å². The second kappa shape index (κ2) is 7.75. The van der Waals surface area contributed by atoms with Gasteiger partial charge in [-0.15, -0.1) is 0 Å². The Morgan fingerprint density at radius 1 is 1.22 bits per heavy atom. The molecule has 2 unspecified atom stereocenters. The molecule has 0 aromatic heterocycles. The predicted molar refractivity (Wildman–Crippen MR) is 106 cm³/mol. The van der Waals surface area contributed by atoms with Gasteiger partial charge < -0.3 is 0 Å². The molecule has 1 aromatic rings. The number of ketones is 1. The van der Waals surface area contributed by atoms with Gasteiger partial charge in [-0.05, 0) is 0 Å². The van der Waals surface area contributed by atoms with Crippen molar-refractivity contribution < 1.29 is 14.3 Å². The molecule has 1 fully saturated rings. The van der Waals surface area contributed by atoms with Crippen LogP contribution in [-0.2, 0) is 14.3 Å². The number of nitrogens with zero attached hydrogens (tertiary/aromatic N) is 1. The van der Waals surface area contributed by atoms with Gasteiger partial charge >= 0.3 is 167 Å². The molecule has 4 nitrogen and oxygen atoms in total. The number of rotatable bonds is 6. The normalized spacial score (nSPS) is 27.1. The van der Waals surface area contributed by atoms with Crippen LogP contribution in [0.25, 0.3) is 0 Å². The van der Waals surface area contributed by atoms with Gasteiger partial charge in [0.25, 0.3) is 0 Å². The first-order chi connectivity index (χ1) is 13.2. The molecular weight excluding hydrogens is 405 g/mol. The molecule has 142 valence electrons. The monoisotopic (exact) mass is 431 g/mol. The molecule has 4 rings (SSSR count). The fourth-order valence-corrected chi connectivity index (χ4v) is 6.73. The van der Waals surface area contributed by atoms with Crippen molar-refractivity contribution in [1.29, 1.82) is 0 Å². The summed E-state index contributed by atoms with van der Waals surface area (Å²) < 4.78 is 8.23. The Morgan fingerprint density at radius 2 is 2.04 bits per heavy atom. The summed E-state index contributed by atoms with van der Waals surface area (Å²) in [5.41, 5.74) is 0.668. The van der Waals surface area contributed by atoms with E-state index in [1.165, 1.54) is 10.0 Å². The third kappa shape index (κ3) is 3.22. The van der Waals surface area contributed by atoms with E-state index < -0.39 is 5.54 Å². The first-order valence-electron chi connectivity index (χ1n) is 9.79. The number of amides is 1. The van der Waals surface area contributed by atoms with E-state index in [0.717, 1.165) is 30.2 Å². The van der Waals surface area contributed by atoms with E-state index in [0.29, 0.717) is 19.6 Å². The van der Waals surface area contributed by atoms with Gasteiger partial charge in [0.05, 0.1) is 0 Å². The molecule has 0 saturated carbocycles. The zero-order valence-electron chi connectivity index (χ0n) is 15.6. The van der Waals surface area contributed by atoms with Crippen LogP contribution in [-0.4, -0.2) is 56.3 Å². The van der Waals surface area contributed by atoms with Crippen LogP contribution in [0.2, 0.25) is 0 Å². The zero-order valence-corrected chi connectivity index (χ0v) is 17.4. The summed E-state index contributed by atoms with van der Waals surface area (Å²) >= 11 is -0.0359. The van der Waals surface area contributed by atoms with Crippen molar-refractivity contribution in [1.82, 2.24) is 4.90 Å². The summed E-state index contributed by atoms with van der Waals surface area (Å²) in [6, 6.07) is 10.3. The van der Waals surface area contributed by atoms with E-state index in [1.54, 1.807) is 6.08 Å². The molecule has 0 N–H and O–H groups in total. The Labute approximate surface area is 166 Å². The van der Waals surface area contributed by atoms with E-state index >= 15 is 0 Å². The van der Waals surface area contributed by atoms with Crippen molar-refractivity contribution >= 4 is 31.1 Å². The van der Waals surface area contributed by atoms with Crippen molar-refractivity contribution in [3.63, 3.8) is 0 Å². The van der Waals surface area contributed by atoms with E-state index in [2.05, 4.69) is 19.1 Å². The summed E-state index contributed by atoms with van der Waals surface area (Å²) in [5, 5.41) is 0. The van der Waals surface area contributed by atoms with E-state index in [-0.39, 0.29) is 32.8 Å². The average molecular weight is 430 g/mol. The Bertz CT molecular complexity index is 801. The molecule has 3 aliphatic rings. The Hall–Kier alpha value is -1.68. The Balaban J connectivity index is 1.79. The van der Waals surface area contributed by atoms with Gasteiger partial charge in [-0.3, -0.25) is 0 Å². The van der Waals surface area contributed by atoms with Gasteiger partial charge in [0.1, 0.15) is 0 Å². The fourth-order valence-electron chi connectivity index (χ4n) is 4.39. The van der Waals surface area contributed by atoms with Crippen LogP contribution >= 0.6 is 0 Å². The first kappa shape index (κ1) is 18.7. The number of benzene rings is 1. The summed E-state index contributed by atoms with van der Waals surface area (Å²) in [6.07, 6.45) is 8.02. The molecular formula is C22H25NO3Se. The van der Waals surface area contributed by atoms with Crippen molar-refractivity contribution in [2.75, 3.05) is 13.2 Å². The zero-order chi connectivity index (χ0) is 18.9. The van der Waals surface area contributed by atoms with Crippen molar-refractivity contribution in [3.05, 3.63) is 52.5 Å². The second-order valence-electron chi connectivity index (χ2n) is 7.33. The molecule has 0 radical (unpaired) electrons. The number of unbranched alkanes of at least 4 members (excludes halogenated alkanes) is 2. The van der Waals surface area contributed by atoms with Crippen molar-refractivity contribution in [3.8, 4) is 0 Å². The number of carbonyl (C=O) groups is 2. The number of allylic oxidation sites excluding steroid dienone is 1. The molecule has 1 aliphatic carbocycles. The summed E-state index contributed by atoms with van der Waals surface area (Å²) in [7, 11) is 0. The summed E-state index contributed by atoms with van der Waals surface area (Å²) in [5.74, 6) is 0.243. The van der Waals surface area contributed by atoms with Crippen LogP contribution in [0.4, 0.5) is 0 Å². The predicted octanol–water partition coefficient (Wildman–Crippen LogP) is 2.36. The molecule has 1 amide bonds. The van der Waals surface area contributed by atoms with Gasteiger partial charge in [0, 0.05) is 0 Å². The van der Waals surface area contributed by atoms with Crippen LogP contribution in [0.3, 0.4) is 0 Å². The van der Waals surface area contributed by atoms with E-state index in [1.807, 2.05) is 29.2 Å². The first-order valence-corrected chi connectivity index (χ1v) is 11.5. The average Bonchev–Trinajstić information content (AvgIpc) is 2.91. The number of ether oxygens (including phenoxy) is 1. The third-order valence-corrected chi connectivity index (χ3v) is 8.05. The van der Waals surface area contributed by atoms with Gasteiger partial charge in [0.2, 0.25) is 0 Å². The van der Waals surface area contributed by atoms with Crippen LogP contribution < -0.4 is 4.46 Å². The number of hydrogen-bond donors (Lipinski definition) is 0. The van der Waals surface area contributed by atoms with Crippen LogP contribution in [0.1, 0.15) is 39.0 Å². The Kier molecular flexibility index (Phi) is 5.36. The molecule has 5 heteroatoms. The maximum absolute atomic E-state index is 13.4. The van der Waals surface area contributed by atoms with Gasteiger partial charge in [0.15, 0.2) is 0 Å². The fraction of sp³-hybridized carbons (Fsp3) is 0.455. The number of morpholine rings is 1. The van der Waals surface area contributed by atoms with Gasteiger partial charge in [-0.25, -0.2) is 0 Å². The van der Waals surface area contributed by atoms with Crippen LogP contribution in [0.5, 0.6) is 0 Å². The molecule has 1 spiro atoms. The summed E-state index contributed by atoms with van der Waals surface area (Å²) in [6.45, 7) is 3.30. The van der Waals surface area contributed by atoms with Crippen molar-refractivity contribution in [2.45, 2.75) is 50.7 Å². The number of carbonyl (C=O) groups excluding carboxylic acids is 2. The van der Waals surface area contributed by atoms with Crippen LogP contribution in [0, 0.1) is 0 Å². The third-order valence-electron chi connectivity index (χ3n) is 5.67. The number of hydrogen-bond acceptors (Lipinski definition) is 3. The molecule has 2 heterocycles. The second-order valence-corrected chi connectivity index (χ2v) is 9.60. The van der Waals surface area contributed by atoms with Gasteiger partial charge in [-0.2, -0.15) is 0 Å².